The summed E-state index contributed by atoms with van der Waals surface area (Å²) in [5, 5.41) is 6.63. The van der Waals surface area contributed by atoms with Crippen LogP contribution in [0, 0.1) is 32.0 Å². The number of nitrogens with zero attached hydrogens (tertiary/aromatic N) is 3. The molecule has 0 N–H and O–H groups in total. The summed E-state index contributed by atoms with van der Waals surface area (Å²) in [5.74, 6) is 0. The normalized spacial score (nSPS) is 11.6. The second kappa shape index (κ2) is 27.9. The monoisotopic (exact) mass is 1540 g/mol. The van der Waals surface area contributed by atoms with Gasteiger partial charge < -0.3 is 28.2 Å². The summed E-state index contributed by atoms with van der Waals surface area (Å²) in [4.78, 5) is 15.7. The molecule has 0 spiro atoms. The zero-order valence-electron chi connectivity index (χ0n) is 58.3. The molecule has 6 nitrogen and oxygen atoms in total. The summed E-state index contributed by atoms with van der Waals surface area (Å²) >= 11 is 0. The summed E-state index contributed by atoms with van der Waals surface area (Å²) in [6.45, 7) is 4.42. The van der Waals surface area contributed by atoms with Crippen LogP contribution < -0.4 is 0 Å². The minimum Gasteiger partial charge on any atom is -0.455 e. The van der Waals surface area contributed by atoms with E-state index in [2.05, 4.69) is 293 Å². The predicted octanol–water partition coefficient (Wildman–Crippen LogP) is 25.8. The fourth-order valence-corrected chi connectivity index (χ4v) is 15.5. The van der Waals surface area contributed by atoms with Crippen LogP contribution in [0.25, 0.3) is 177 Å². The molecule has 106 heavy (non-hydrogen) atoms. The molecule has 0 fully saturated rings. The largest absolute Gasteiger partial charge is 3.00 e. The Bertz CT molecular complexity index is 6350. The molecule has 0 saturated heterocycles. The van der Waals surface area contributed by atoms with E-state index in [0.29, 0.717) is 0 Å². The Morgan fingerprint density at radius 1 is 0.264 bits per heavy atom. The van der Waals surface area contributed by atoms with Crippen molar-refractivity contribution in [3.05, 3.63) is 367 Å². The Balaban J connectivity index is 0.00000796. The maximum atomic E-state index is 6.56. The standard InChI is InChI=1S/C99H66N3O3.Ir/c1-62-50-91(72-25-14-22-69(55-72)79-33-17-36-86-83-30-8-11-39-94(83)103-97(79)86)100-59-75(62)44-42-64-52-65(43-45-76-60-101-92(51-63(76)2)73-26-15-23-70(56-73)80-34-18-37-87-84-31-9-12-40-95(84)104-98(80)87)54-77(53-64)78-28-6-7-29-82(78)90-61-102-93(58-89(90)68-48-46-67(47-49-68)66-20-4-3-5-21-66)74-27-16-24-71(57-74)81-35-19-38-88-85-32-10-13-41-96(85)105-99(81)88;/h3-24,28-41,46-61H,42-45H2,1-2H3;/q-3;+3. The number of aryl methyl sites for hydroxylation is 6. The van der Waals surface area contributed by atoms with Gasteiger partial charge >= 0.3 is 20.1 Å². The first-order valence-electron chi connectivity index (χ1n) is 35.9. The number of hydrogen-bond acceptors (Lipinski definition) is 6. The van der Waals surface area contributed by atoms with E-state index in [1.54, 1.807) is 0 Å². The van der Waals surface area contributed by atoms with Gasteiger partial charge in [-0.15, -0.1) is 89.5 Å². The van der Waals surface area contributed by atoms with Gasteiger partial charge in [0.1, 0.15) is 33.5 Å². The second-order valence-corrected chi connectivity index (χ2v) is 27.4. The summed E-state index contributed by atoms with van der Waals surface area (Å²) in [6.07, 6.45) is 9.43. The topological polar surface area (TPSA) is 78.1 Å². The van der Waals surface area contributed by atoms with E-state index in [9.17, 15) is 0 Å². The molecule has 0 aliphatic rings. The minimum absolute atomic E-state index is 0. The van der Waals surface area contributed by atoms with Crippen molar-refractivity contribution in [2.24, 2.45) is 0 Å². The molecule has 0 aliphatic carbocycles. The second-order valence-electron chi connectivity index (χ2n) is 27.4. The van der Waals surface area contributed by atoms with E-state index >= 15 is 0 Å². The van der Waals surface area contributed by atoms with Crippen LogP contribution in [0.5, 0.6) is 0 Å². The van der Waals surface area contributed by atoms with Crippen LogP contribution in [0.1, 0.15) is 33.4 Å². The number of aromatic nitrogens is 3. The quantitative estimate of drug-likeness (QED) is 0.0897. The van der Waals surface area contributed by atoms with Crippen LogP contribution in [0.4, 0.5) is 0 Å². The zero-order valence-corrected chi connectivity index (χ0v) is 60.6. The fourth-order valence-electron chi connectivity index (χ4n) is 15.5. The van der Waals surface area contributed by atoms with Crippen molar-refractivity contribution in [1.29, 1.82) is 0 Å². The van der Waals surface area contributed by atoms with E-state index in [4.69, 9.17) is 28.2 Å². The molecular formula is C99H66IrN3O3. The van der Waals surface area contributed by atoms with Gasteiger partial charge in [-0.25, -0.2) is 0 Å². The Morgan fingerprint density at radius 3 is 1.10 bits per heavy atom. The molecule has 19 rings (SSSR count). The molecule has 0 unspecified atom stereocenters. The Morgan fingerprint density at radius 2 is 0.642 bits per heavy atom. The van der Waals surface area contributed by atoms with E-state index in [1.807, 2.05) is 54.6 Å². The first-order chi connectivity index (χ1) is 51.8. The van der Waals surface area contributed by atoms with Crippen molar-refractivity contribution < 1.29 is 33.4 Å². The molecule has 0 aliphatic heterocycles. The predicted molar refractivity (Wildman–Crippen MR) is 430 cm³/mol. The van der Waals surface area contributed by atoms with Crippen molar-refractivity contribution in [2.45, 2.75) is 39.5 Å². The van der Waals surface area contributed by atoms with Crippen LogP contribution in [0.2, 0.25) is 0 Å². The number of pyridine rings is 3. The van der Waals surface area contributed by atoms with Crippen LogP contribution in [0.3, 0.4) is 0 Å². The molecule has 0 radical (unpaired) electrons. The van der Waals surface area contributed by atoms with Crippen LogP contribution in [0.15, 0.2) is 329 Å². The third-order valence-electron chi connectivity index (χ3n) is 21.0. The fraction of sp³-hybridized carbons (Fsp3) is 0.0606. The molecule has 0 amide bonds. The number of fused-ring (bicyclic) bond motifs is 9. The number of furan rings is 3. The Hall–Kier alpha value is -12.6. The summed E-state index contributed by atoms with van der Waals surface area (Å²) in [5.41, 5.74) is 33.0. The maximum Gasteiger partial charge on any atom is 3.00 e. The summed E-state index contributed by atoms with van der Waals surface area (Å²) in [7, 11) is 0. The third kappa shape index (κ3) is 12.3. The van der Waals surface area contributed by atoms with E-state index in [1.165, 1.54) is 38.9 Å². The van der Waals surface area contributed by atoms with Gasteiger partial charge in [-0.1, -0.05) is 252 Å². The summed E-state index contributed by atoms with van der Waals surface area (Å²) < 4.78 is 19.5. The number of rotatable bonds is 16. The molecule has 7 heteroatoms. The molecule has 0 atom stereocenters. The molecule has 19 aromatic rings. The van der Waals surface area contributed by atoms with Gasteiger partial charge in [0.2, 0.25) is 0 Å². The van der Waals surface area contributed by atoms with Gasteiger partial charge in [-0.2, -0.15) is 0 Å². The number of benzene rings is 13. The van der Waals surface area contributed by atoms with E-state index in [0.717, 1.165) is 198 Å². The van der Waals surface area contributed by atoms with Crippen molar-refractivity contribution >= 4 is 65.8 Å². The van der Waals surface area contributed by atoms with Crippen molar-refractivity contribution in [3.63, 3.8) is 0 Å². The van der Waals surface area contributed by atoms with Gasteiger partial charge in [-0.05, 0) is 136 Å². The minimum atomic E-state index is 0. The average molecular weight is 1540 g/mol. The number of para-hydroxylation sites is 6. The van der Waals surface area contributed by atoms with Crippen LogP contribution >= 0.6 is 0 Å². The molecule has 504 valence electrons. The van der Waals surface area contributed by atoms with Gasteiger partial charge in [0, 0.05) is 73.2 Å². The molecule has 6 aromatic heterocycles. The number of hydrogen-bond donors (Lipinski definition) is 0. The van der Waals surface area contributed by atoms with E-state index < -0.39 is 0 Å². The van der Waals surface area contributed by atoms with Gasteiger partial charge in [0.25, 0.3) is 0 Å². The molecule has 13 aromatic carbocycles. The zero-order chi connectivity index (χ0) is 69.9. The first-order valence-corrected chi connectivity index (χ1v) is 35.9. The maximum absolute atomic E-state index is 6.56. The first kappa shape index (κ1) is 65.4. The average Bonchev–Trinajstić information content (AvgIpc) is 1.64. The van der Waals surface area contributed by atoms with Crippen molar-refractivity contribution in [1.82, 2.24) is 15.0 Å². The molecule has 6 heterocycles. The molecular weight excluding hydrogens is 1470 g/mol. The van der Waals surface area contributed by atoms with Crippen molar-refractivity contribution in [3.8, 4) is 112 Å². The van der Waals surface area contributed by atoms with E-state index in [-0.39, 0.29) is 20.1 Å². The SMILES string of the molecule is Cc1cc(-c2[c-]ccc(-c3cccc4c3oc3ccccc34)c2)ncc1CCc1cc(CCc2cnc(-c3[c-]ccc(-c4cccc5c4oc4ccccc45)c3)cc2C)cc(-c2ccccc2-c2cnc(-c3[c-]ccc(-c4cccc5c4oc4ccccc45)c3)cc2-c2ccc(-c3ccccc3)cc2)c1.[Ir+3]. The molecule has 0 bridgehead atoms. The third-order valence-corrected chi connectivity index (χ3v) is 21.0. The Labute approximate surface area is 628 Å². The molecule has 0 saturated carbocycles. The van der Waals surface area contributed by atoms with Crippen LogP contribution in [-0.4, -0.2) is 15.0 Å². The van der Waals surface area contributed by atoms with Crippen molar-refractivity contribution in [2.75, 3.05) is 0 Å². The van der Waals surface area contributed by atoms with Gasteiger partial charge in [-0.3, -0.25) is 0 Å². The Kier molecular flexibility index (Phi) is 17.2. The summed E-state index contributed by atoms with van der Waals surface area (Å²) in [6, 6.07) is 116. The smallest absolute Gasteiger partial charge is 0.455 e. The van der Waals surface area contributed by atoms with Crippen LogP contribution in [-0.2, 0) is 45.8 Å². The van der Waals surface area contributed by atoms with Gasteiger partial charge in [0.05, 0.1) is 0 Å². The van der Waals surface area contributed by atoms with Gasteiger partial charge in [0.15, 0.2) is 0 Å².